The van der Waals surface area contributed by atoms with Crippen molar-refractivity contribution >= 4 is 77.7 Å². The second kappa shape index (κ2) is 35.5. The van der Waals surface area contributed by atoms with E-state index in [1.165, 1.54) is 0 Å². The minimum Gasteiger partial charge on any atom is -0.310 e. The van der Waals surface area contributed by atoms with Crippen molar-refractivity contribution < 1.29 is 20.6 Å². The van der Waals surface area contributed by atoms with E-state index in [2.05, 4.69) is 330 Å². The normalized spacial score (nSPS) is 12.8. The summed E-state index contributed by atoms with van der Waals surface area (Å²) < 4.78 is 134. The summed E-state index contributed by atoms with van der Waals surface area (Å²) in [7, 11) is 0. The first-order valence-corrected chi connectivity index (χ1v) is 43.4. The number of aromatic nitrogens is 2. The summed E-state index contributed by atoms with van der Waals surface area (Å²) >= 11 is 0. The third-order valence-electron chi connectivity index (χ3n) is 24.2. The number of benzene rings is 21. The molecule has 0 aliphatic carbocycles. The number of rotatable bonds is 19. The lowest BCUT2D eigenvalue weighted by Gasteiger charge is -2.27. The number of para-hydroxylation sites is 3. The number of hydrogen-bond donors (Lipinski definition) is 0. The van der Waals surface area contributed by atoms with Gasteiger partial charge in [-0.2, -0.15) is 0 Å². The zero-order valence-corrected chi connectivity index (χ0v) is 70.4. The van der Waals surface area contributed by atoms with Crippen LogP contribution in [0, 0.1) is 0 Å². The molecule has 0 radical (unpaired) electrons. The molecule has 21 aromatic carbocycles. The largest absolute Gasteiger partial charge is 0.310 e. The molecule has 2 aromatic heterocycles. The van der Waals surface area contributed by atoms with Gasteiger partial charge in [0.15, 0.2) is 0 Å². The van der Waals surface area contributed by atoms with Gasteiger partial charge in [-0.05, 0) is 238 Å². The first-order chi connectivity index (χ1) is 70.7. The van der Waals surface area contributed by atoms with Crippen LogP contribution in [0.2, 0.25) is 0 Å². The van der Waals surface area contributed by atoms with Crippen LogP contribution in [0.15, 0.2) is 533 Å². The van der Waals surface area contributed by atoms with Gasteiger partial charge in [0.2, 0.25) is 0 Å². The van der Waals surface area contributed by atoms with Crippen molar-refractivity contribution in [3.8, 4) is 134 Å². The van der Waals surface area contributed by atoms with Gasteiger partial charge in [-0.1, -0.05) is 412 Å². The molecule has 0 atom stereocenters. The lowest BCUT2D eigenvalue weighted by Crippen LogP contribution is -2.10. The van der Waals surface area contributed by atoms with Gasteiger partial charge in [-0.15, -0.1) is 0 Å². The number of fused-ring (bicyclic) bond motifs is 6. The smallest absolute Gasteiger partial charge is 0.0629 e. The Kier molecular flexibility index (Phi) is 17.4. The molecule has 2 heterocycles. The standard InChI is InChI=1S/C66H46N2.C60H42N2/c1-4-20-47(21-5-1)50-26-16-30-55(42-50)67(56-31-17-27-51(43-56)48-22-6-2-7-23-48)57-32-18-28-52(44-57)61-36-12-13-37-62(61)54-40-41-64-63-38-14-15-39-65(63)68(66(64)46-54)58-33-19-29-53(45-58)60-35-11-10-34-59(60)49-24-8-3-9-25-49;1-5-19-43(20-6-1)46-25-17-29-51(39-46)61(50-27-11-4-12-28-50)52-30-18-26-48(40-52)53-31-13-14-32-54(53)49-35-37-56-55-33-15-16-34-58(55)62(60(56)42-49)59-38-36-47(44-21-7-2-8-22-44)41-57(59)45-23-9-3-10-24-45/h1-46H;1-42H/i3D,8D,9D,24D,25D;2D,3D,7D,8D,9D,10D,21D,22D,23D,24D. The van der Waals surface area contributed by atoms with E-state index in [0.717, 1.165) is 172 Å². The van der Waals surface area contributed by atoms with Crippen molar-refractivity contribution in [3.63, 3.8) is 0 Å². The molecule has 0 bridgehead atoms. The van der Waals surface area contributed by atoms with E-state index < -0.39 is 66.5 Å². The zero-order valence-electron chi connectivity index (χ0n) is 85.4. The Morgan fingerprint density at radius 2 is 0.431 bits per heavy atom. The van der Waals surface area contributed by atoms with Crippen molar-refractivity contribution in [2.75, 3.05) is 9.80 Å². The van der Waals surface area contributed by atoms with Crippen molar-refractivity contribution in [2.45, 2.75) is 0 Å². The second-order valence-electron chi connectivity index (χ2n) is 31.9. The maximum atomic E-state index is 9.17. The van der Waals surface area contributed by atoms with Gasteiger partial charge >= 0.3 is 0 Å². The summed E-state index contributed by atoms with van der Waals surface area (Å²) in [5.74, 6) is 0. The highest BCUT2D eigenvalue weighted by molar-refractivity contribution is 6.13. The fraction of sp³-hybridized carbons (Fsp3) is 0. The monoisotopic (exact) mass is 1670 g/mol. The molecule has 0 aliphatic heterocycles. The Labute approximate surface area is 780 Å². The Morgan fingerprint density at radius 1 is 0.154 bits per heavy atom. The van der Waals surface area contributed by atoms with Gasteiger partial charge in [-0.25, -0.2) is 0 Å². The molecular formula is C126H88N4. The topological polar surface area (TPSA) is 16.3 Å². The van der Waals surface area contributed by atoms with E-state index >= 15 is 0 Å². The predicted molar refractivity (Wildman–Crippen MR) is 551 cm³/mol. The average molecular weight is 1670 g/mol. The van der Waals surface area contributed by atoms with Crippen LogP contribution in [-0.2, 0) is 0 Å². The van der Waals surface area contributed by atoms with Gasteiger partial charge in [0.05, 0.1) is 48.3 Å². The predicted octanol–water partition coefficient (Wildman–Crippen LogP) is 34.8. The van der Waals surface area contributed by atoms with Crippen LogP contribution in [0.5, 0.6) is 0 Å². The average Bonchev–Trinajstić information content (AvgIpc) is 1.68. The highest BCUT2D eigenvalue weighted by Gasteiger charge is 2.24. The molecule has 4 nitrogen and oxygen atoms in total. The number of hydrogen-bond acceptors (Lipinski definition) is 2. The molecule has 130 heavy (non-hydrogen) atoms. The van der Waals surface area contributed by atoms with Crippen LogP contribution < -0.4 is 9.80 Å². The molecule has 0 aliphatic rings. The molecule has 0 fully saturated rings. The Bertz CT molecular complexity index is 8870. The zero-order chi connectivity index (χ0) is 99.5. The molecule has 0 unspecified atom stereocenters. The highest BCUT2D eigenvalue weighted by atomic mass is 15.1. The molecular weight excluding hydrogens is 1570 g/mol. The minimum atomic E-state index is -0.548. The molecule has 23 rings (SSSR count). The van der Waals surface area contributed by atoms with Gasteiger partial charge in [0, 0.05) is 66.9 Å². The van der Waals surface area contributed by atoms with Crippen LogP contribution in [0.3, 0.4) is 0 Å². The minimum absolute atomic E-state index is 0.0704. The Morgan fingerprint density at radius 3 is 0.862 bits per heavy atom. The third kappa shape index (κ3) is 15.6. The Balaban J connectivity index is 0.000000165. The van der Waals surface area contributed by atoms with Gasteiger partial charge in [-0.3, -0.25) is 0 Å². The fourth-order valence-electron chi connectivity index (χ4n) is 18.3. The number of nitrogens with zero attached hydrogens (tertiary/aromatic N) is 4. The second-order valence-corrected chi connectivity index (χ2v) is 31.9. The lowest BCUT2D eigenvalue weighted by atomic mass is 9.93. The third-order valence-corrected chi connectivity index (χ3v) is 24.2. The van der Waals surface area contributed by atoms with Gasteiger partial charge in [0.1, 0.15) is 0 Å². The summed E-state index contributed by atoms with van der Waals surface area (Å²) in [5.41, 5.74) is 28.9. The summed E-state index contributed by atoms with van der Waals surface area (Å²) in [6, 6.07) is 146. The first kappa shape index (κ1) is 63.7. The van der Waals surface area contributed by atoms with Gasteiger partial charge in [0.25, 0.3) is 0 Å². The molecule has 0 saturated carbocycles. The molecule has 612 valence electrons. The molecule has 0 saturated heterocycles. The number of anilines is 6. The summed E-state index contributed by atoms with van der Waals surface area (Å²) in [6.07, 6.45) is 0. The van der Waals surface area contributed by atoms with Crippen molar-refractivity contribution in [1.29, 1.82) is 0 Å². The van der Waals surface area contributed by atoms with Crippen LogP contribution in [0.4, 0.5) is 34.1 Å². The lowest BCUT2D eigenvalue weighted by molar-refractivity contribution is 1.18. The van der Waals surface area contributed by atoms with E-state index in [9.17, 15) is 0 Å². The maximum Gasteiger partial charge on any atom is 0.0629 e. The molecule has 0 N–H and O–H groups in total. The van der Waals surface area contributed by atoms with Crippen LogP contribution in [0.1, 0.15) is 20.6 Å². The van der Waals surface area contributed by atoms with Gasteiger partial charge < -0.3 is 18.9 Å². The van der Waals surface area contributed by atoms with Crippen molar-refractivity contribution in [1.82, 2.24) is 9.13 Å². The van der Waals surface area contributed by atoms with Crippen LogP contribution in [0.25, 0.3) is 177 Å². The molecule has 0 spiro atoms. The SMILES string of the molecule is [2H]c1c([2H])c([2H])c(-c2ccc(-n3c4ccccc4c4ccc(-c5ccccc5-c5cccc(N(c6ccccc6)c6cccc(-c7ccccc7)c6)c5)cc43)c(-c3c([2H])c([2H])c([2H])c([2H])c3[2H])c2)c([2H])c1[2H].[2H]c1c([2H])c([2H])c(-c2ccccc2-c2cccc(-n3c4ccccc4c4ccc(-c5ccccc5-c5cccc(N(c6cccc(-c7ccccc7)c6)c6cccc(-c7ccccc7)c6)c5)cc43)c2)c([2H])c1[2H]. The van der Waals surface area contributed by atoms with Crippen molar-refractivity contribution in [3.05, 3.63) is 533 Å². The van der Waals surface area contributed by atoms with Crippen molar-refractivity contribution in [2.24, 2.45) is 0 Å². The molecule has 4 heteroatoms. The highest BCUT2D eigenvalue weighted by Crippen LogP contribution is 2.48. The Hall–Kier alpha value is -17.2. The van der Waals surface area contributed by atoms with E-state index in [-0.39, 0.29) is 52.0 Å². The van der Waals surface area contributed by atoms with Crippen LogP contribution >= 0.6 is 0 Å². The quantitative estimate of drug-likeness (QED) is 0.0802. The first-order valence-electron chi connectivity index (χ1n) is 50.9. The van der Waals surface area contributed by atoms with Crippen LogP contribution in [-0.4, -0.2) is 9.13 Å². The van der Waals surface area contributed by atoms with E-state index in [4.69, 9.17) is 20.6 Å². The van der Waals surface area contributed by atoms with E-state index in [1.54, 1.807) is 18.2 Å². The molecule has 23 aromatic rings. The van der Waals surface area contributed by atoms with E-state index in [1.807, 2.05) is 114 Å². The maximum absolute atomic E-state index is 9.17. The summed E-state index contributed by atoms with van der Waals surface area (Å²) in [4.78, 5) is 4.62. The van der Waals surface area contributed by atoms with E-state index in [0.29, 0.717) is 11.3 Å². The summed E-state index contributed by atoms with van der Waals surface area (Å²) in [6.45, 7) is 0. The summed E-state index contributed by atoms with van der Waals surface area (Å²) in [5, 5.41) is 4.07. The molecule has 0 amide bonds. The fourth-order valence-corrected chi connectivity index (χ4v) is 18.3.